The fourth-order valence-electron chi connectivity index (χ4n) is 4.10. The molecular weight excluding hydrogens is 545 g/mol. The number of anilines is 1. The van der Waals surface area contributed by atoms with Crippen LogP contribution in [0.3, 0.4) is 0 Å². The normalized spacial score (nSPS) is 13.5. The summed E-state index contributed by atoms with van der Waals surface area (Å²) in [7, 11) is 2.80. The van der Waals surface area contributed by atoms with Gasteiger partial charge in [0.2, 0.25) is 0 Å². The summed E-state index contributed by atoms with van der Waals surface area (Å²) in [5.41, 5.74) is -2.65. The first kappa shape index (κ1) is 30.2. The van der Waals surface area contributed by atoms with Gasteiger partial charge in [-0.05, 0) is 52.1 Å². The van der Waals surface area contributed by atoms with E-state index < -0.39 is 48.7 Å². The van der Waals surface area contributed by atoms with Crippen LogP contribution in [0.2, 0.25) is 0 Å². The highest BCUT2D eigenvalue weighted by Gasteiger charge is 2.37. The molecule has 3 aromatic rings. The third-order valence-corrected chi connectivity index (χ3v) is 5.78. The predicted molar refractivity (Wildman–Crippen MR) is 121 cm³/mol. The molecule has 0 aliphatic rings. The molecule has 0 amide bonds. The quantitative estimate of drug-likeness (QED) is 0.270. The largest absolute Gasteiger partial charge is 0.416 e. The molecule has 0 radical (unpaired) electrons. The Morgan fingerprint density at radius 1 is 0.872 bits per heavy atom. The lowest BCUT2D eigenvalue weighted by molar-refractivity contribution is -0.143. The zero-order valence-electron chi connectivity index (χ0n) is 20.9. The summed E-state index contributed by atoms with van der Waals surface area (Å²) in [5.74, 6) is -0.152. The molecule has 0 saturated heterocycles. The van der Waals surface area contributed by atoms with Gasteiger partial charge in [-0.15, -0.1) is 5.10 Å². The molecular formula is C24H24F9N5O. The van der Waals surface area contributed by atoms with Crippen LogP contribution in [0.25, 0.3) is 0 Å². The van der Waals surface area contributed by atoms with Crippen LogP contribution in [0.1, 0.15) is 52.8 Å². The summed E-state index contributed by atoms with van der Waals surface area (Å²) >= 11 is 0. The molecule has 39 heavy (non-hydrogen) atoms. The van der Waals surface area contributed by atoms with Crippen LogP contribution in [0.15, 0.2) is 36.4 Å². The van der Waals surface area contributed by atoms with Crippen molar-refractivity contribution in [2.24, 2.45) is 7.05 Å². The summed E-state index contributed by atoms with van der Waals surface area (Å²) in [6.07, 6.45) is -16.0. The van der Waals surface area contributed by atoms with Crippen molar-refractivity contribution in [3.05, 3.63) is 69.8 Å². The number of hydrogen-bond acceptors (Lipinski definition) is 5. The molecule has 1 aromatic heterocycles. The van der Waals surface area contributed by atoms with Crippen molar-refractivity contribution in [2.45, 2.75) is 57.5 Å². The Hall–Kier alpha value is -3.36. The minimum absolute atomic E-state index is 0.0115. The van der Waals surface area contributed by atoms with Crippen LogP contribution in [0.5, 0.6) is 0 Å². The standard InChI is InChI=1S/C24H24F9N5O/c1-4-20(39-3)19-6-5-14(11-22(25,26)27)7-16(19)13-38(21-34-36-37(2)35-21)12-15-8-17(23(28,29)30)10-18(9-15)24(31,32)33/h5-10,20H,4,11-13H2,1-3H3. The van der Waals surface area contributed by atoms with Crippen LogP contribution >= 0.6 is 0 Å². The summed E-state index contributed by atoms with van der Waals surface area (Å²) in [4.78, 5) is 2.27. The van der Waals surface area contributed by atoms with E-state index in [2.05, 4.69) is 15.4 Å². The number of tetrazole rings is 1. The Labute approximate surface area is 217 Å². The van der Waals surface area contributed by atoms with E-state index in [9.17, 15) is 39.5 Å². The van der Waals surface area contributed by atoms with Gasteiger partial charge >= 0.3 is 18.5 Å². The number of alkyl halides is 9. The third kappa shape index (κ3) is 8.07. The van der Waals surface area contributed by atoms with Gasteiger partial charge in [-0.1, -0.05) is 30.2 Å². The number of ether oxygens (including phenoxy) is 1. The minimum atomic E-state index is -5.06. The fourth-order valence-corrected chi connectivity index (χ4v) is 4.10. The first-order valence-corrected chi connectivity index (χ1v) is 11.5. The highest BCUT2D eigenvalue weighted by Crippen LogP contribution is 2.37. The monoisotopic (exact) mass is 569 g/mol. The van der Waals surface area contributed by atoms with Crippen LogP contribution < -0.4 is 4.90 Å². The molecule has 0 N–H and O–H groups in total. The third-order valence-electron chi connectivity index (χ3n) is 5.78. The van der Waals surface area contributed by atoms with Crippen molar-refractivity contribution in [3.63, 3.8) is 0 Å². The lowest BCUT2D eigenvalue weighted by Gasteiger charge is -2.26. The number of aryl methyl sites for hydroxylation is 1. The molecule has 1 unspecified atom stereocenters. The van der Waals surface area contributed by atoms with Crippen molar-refractivity contribution >= 4 is 5.95 Å². The second-order valence-corrected chi connectivity index (χ2v) is 8.81. The van der Waals surface area contributed by atoms with E-state index in [0.29, 0.717) is 29.7 Å². The molecule has 0 bridgehead atoms. The average Bonchev–Trinajstić information content (AvgIpc) is 3.24. The van der Waals surface area contributed by atoms with Gasteiger partial charge in [-0.3, -0.25) is 0 Å². The summed E-state index contributed by atoms with van der Waals surface area (Å²) < 4.78 is 125. The number of halogens is 9. The maximum Gasteiger partial charge on any atom is 0.416 e. The Kier molecular flexibility index (Phi) is 8.82. The van der Waals surface area contributed by atoms with Gasteiger partial charge in [-0.2, -0.15) is 44.3 Å². The number of benzene rings is 2. The van der Waals surface area contributed by atoms with Crippen LogP contribution in [0, 0.1) is 0 Å². The fraction of sp³-hybridized carbons (Fsp3) is 0.458. The Balaban J connectivity index is 2.12. The van der Waals surface area contributed by atoms with E-state index in [1.165, 1.54) is 37.3 Å². The van der Waals surface area contributed by atoms with E-state index in [0.717, 1.165) is 4.80 Å². The average molecular weight is 569 g/mol. The van der Waals surface area contributed by atoms with Gasteiger partial charge in [0.15, 0.2) is 0 Å². The van der Waals surface area contributed by atoms with E-state index in [1.807, 2.05) is 0 Å². The highest BCUT2D eigenvalue weighted by atomic mass is 19.4. The Morgan fingerprint density at radius 2 is 1.49 bits per heavy atom. The van der Waals surface area contributed by atoms with E-state index >= 15 is 0 Å². The number of nitrogens with zero attached hydrogens (tertiary/aromatic N) is 5. The molecule has 3 rings (SSSR count). The Morgan fingerprint density at radius 3 is 1.95 bits per heavy atom. The minimum Gasteiger partial charge on any atom is -0.377 e. The van der Waals surface area contributed by atoms with E-state index in [-0.39, 0.29) is 29.7 Å². The van der Waals surface area contributed by atoms with Crippen LogP contribution in [-0.4, -0.2) is 33.5 Å². The maximum absolute atomic E-state index is 13.4. The van der Waals surface area contributed by atoms with E-state index in [1.54, 1.807) is 6.92 Å². The molecule has 0 saturated carbocycles. The van der Waals surface area contributed by atoms with Gasteiger partial charge in [0.05, 0.1) is 30.7 Å². The highest BCUT2D eigenvalue weighted by molar-refractivity contribution is 5.41. The number of methoxy groups -OCH3 is 1. The number of aromatic nitrogens is 4. The number of hydrogen-bond donors (Lipinski definition) is 0. The second kappa shape index (κ2) is 11.4. The van der Waals surface area contributed by atoms with Crippen molar-refractivity contribution < 1.29 is 44.3 Å². The number of rotatable bonds is 9. The summed E-state index contributed by atoms with van der Waals surface area (Å²) in [6, 6.07) is 5.19. The topological polar surface area (TPSA) is 56.1 Å². The second-order valence-electron chi connectivity index (χ2n) is 8.81. The van der Waals surface area contributed by atoms with Crippen molar-refractivity contribution in [1.29, 1.82) is 0 Å². The molecule has 1 atom stereocenters. The van der Waals surface area contributed by atoms with Crippen molar-refractivity contribution in [3.8, 4) is 0 Å². The zero-order chi connectivity index (χ0) is 29.2. The van der Waals surface area contributed by atoms with Gasteiger partial charge in [0.25, 0.3) is 5.95 Å². The van der Waals surface area contributed by atoms with Crippen LogP contribution in [0.4, 0.5) is 45.5 Å². The lowest BCUT2D eigenvalue weighted by atomic mass is 9.96. The lowest BCUT2D eigenvalue weighted by Crippen LogP contribution is -2.26. The van der Waals surface area contributed by atoms with Gasteiger partial charge in [-0.25, -0.2) is 0 Å². The first-order valence-electron chi connectivity index (χ1n) is 11.5. The molecule has 0 spiro atoms. The molecule has 214 valence electrons. The van der Waals surface area contributed by atoms with E-state index in [4.69, 9.17) is 4.74 Å². The van der Waals surface area contributed by atoms with Crippen LogP contribution in [-0.2, 0) is 43.6 Å². The summed E-state index contributed by atoms with van der Waals surface area (Å²) in [5, 5.41) is 11.5. The van der Waals surface area contributed by atoms with Gasteiger partial charge < -0.3 is 9.64 Å². The van der Waals surface area contributed by atoms with Gasteiger partial charge in [0.1, 0.15) is 0 Å². The Bertz CT molecular complexity index is 1230. The molecule has 0 fully saturated rings. The van der Waals surface area contributed by atoms with Crippen molar-refractivity contribution in [1.82, 2.24) is 20.2 Å². The maximum atomic E-state index is 13.4. The first-order chi connectivity index (χ1) is 18.0. The molecule has 6 nitrogen and oxygen atoms in total. The molecule has 0 aliphatic carbocycles. The SMILES string of the molecule is CCC(OC)c1ccc(CC(F)(F)F)cc1CN(Cc1cc(C(F)(F)F)cc(C(F)(F)F)c1)c1nnn(C)n1. The van der Waals surface area contributed by atoms with Gasteiger partial charge in [0, 0.05) is 20.2 Å². The zero-order valence-corrected chi connectivity index (χ0v) is 20.9. The summed E-state index contributed by atoms with van der Waals surface area (Å²) in [6.45, 7) is 0.987. The molecule has 1 heterocycles. The van der Waals surface area contributed by atoms with Crippen molar-refractivity contribution in [2.75, 3.05) is 12.0 Å². The molecule has 15 heteroatoms. The smallest absolute Gasteiger partial charge is 0.377 e. The predicted octanol–water partition coefficient (Wildman–Crippen LogP) is 6.66. The molecule has 0 aliphatic heterocycles. The molecule has 2 aromatic carbocycles.